The predicted molar refractivity (Wildman–Crippen MR) is 125 cm³/mol. The van der Waals surface area contributed by atoms with Crippen LogP contribution in [0.15, 0.2) is 84.0 Å². The molecule has 1 aromatic heterocycles. The first-order valence-electron chi connectivity index (χ1n) is 10.2. The minimum atomic E-state index is -0.432. The summed E-state index contributed by atoms with van der Waals surface area (Å²) in [6.45, 7) is 0.425. The van der Waals surface area contributed by atoms with Gasteiger partial charge in [0, 0.05) is 5.56 Å². The molecule has 1 heterocycles. The van der Waals surface area contributed by atoms with E-state index in [1.165, 1.54) is 18.3 Å². The monoisotopic (exact) mass is 442 g/mol. The Balaban J connectivity index is 1.41. The van der Waals surface area contributed by atoms with E-state index in [0.29, 0.717) is 23.8 Å². The lowest BCUT2D eigenvalue weighted by atomic mass is 10.1. The molecule has 8 heteroatoms. The third-order valence-electron chi connectivity index (χ3n) is 4.79. The van der Waals surface area contributed by atoms with Crippen molar-refractivity contribution in [3.05, 3.63) is 95.7 Å². The number of carbonyl (C=O) groups excluding carboxylic acids is 1. The van der Waals surface area contributed by atoms with Crippen molar-refractivity contribution in [3.63, 3.8) is 0 Å². The van der Waals surface area contributed by atoms with Gasteiger partial charge in [-0.25, -0.2) is 5.43 Å². The fraction of sp³-hybridized carbons (Fsp3) is 0.0800. The van der Waals surface area contributed by atoms with E-state index < -0.39 is 5.91 Å². The quantitative estimate of drug-likeness (QED) is 0.281. The smallest absolute Gasteiger partial charge is 0.289 e. The van der Waals surface area contributed by atoms with Gasteiger partial charge in [0.1, 0.15) is 18.1 Å². The second-order valence-electron chi connectivity index (χ2n) is 7.10. The minimum absolute atomic E-state index is 0.161. The number of phenolic OH excluding ortho intramolecular Hbond substituents is 1. The molecular formula is C25H22N4O4. The van der Waals surface area contributed by atoms with Crippen molar-refractivity contribution in [2.24, 2.45) is 5.10 Å². The third-order valence-corrected chi connectivity index (χ3v) is 4.79. The number of hydrogen-bond acceptors (Lipinski definition) is 6. The standard InChI is InChI=1S/C25H22N4O4/c1-32-24-13-19(9-12-23(24)33-16-18-5-3-2-4-6-18)21-14-22(28-27-21)25(31)29-26-15-17-7-10-20(30)11-8-17/h2-15,30H,16H2,1H3,(H,27,28)(H,29,31)/b26-15-. The Labute approximate surface area is 190 Å². The summed E-state index contributed by atoms with van der Waals surface area (Å²) >= 11 is 0. The van der Waals surface area contributed by atoms with Gasteiger partial charge in [-0.2, -0.15) is 10.2 Å². The molecule has 33 heavy (non-hydrogen) atoms. The highest BCUT2D eigenvalue weighted by molar-refractivity contribution is 5.94. The zero-order valence-corrected chi connectivity index (χ0v) is 17.9. The van der Waals surface area contributed by atoms with Gasteiger partial charge < -0.3 is 14.6 Å². The highest BCUT2D eigenvalue weighted by Gasteiger charge is 2.13. The Morgan fingerprint density at radius 2 is 1.85 bits per heavy atom. The van der Waals surface area contributed by atoms with Crippen molar-refractivity contribution in [1.29, 1.82) is 0 Å². The predicted octanol–water partition coefficient (Wildman–Crippen LogP) is 4.13. The number of carbonyl (C=O) groups is 1. The molecule has 0 aliphatic rings. The van der Waals surface area contributed by atoms with Crippen LogP contribution >= 0.6 is 0 Å². The number of nitrogens with one attached hydrogen (secondary N) is 2. The fourth-order valence-corrected chi connectivity index (χ4v) is 3.05. The van der Waals surface area contributed by atoms with Gasteiger partial charge in [0.25, 0.3) is 5.91 Å². The van der Waals surface area contributed by atoms with Gasteiger partial charge >= 0.3 is 0 Å². The first kappa shape index (κ1) is 21.6. The zero-order valence-electron chi connectivity index (χ0n) is 17.9. The lowest BCUT2D eigenvalue weighted by molar-refractivity contribution is 0.0950. The maximum atomic E-state index is 12.3. The van der Waals surface area contributed by atoms with E-state index in [1.54, 1.807) is 31.4 Å². The Morgan fingerprint density at radius 3 is 2.61 bits per heavy atom. The van der Waals surface area contributed by atoms with Crippen LogP contribution in [-0.2, 0) is 6.61 Å². The normalized spacial score (nSPS) is 10.8. The molecular weight excluding hydrogens is 420 g/mol. The second kappa shape index (κ2) is 10.1. The van der Waals surface area contributed by atoms with Crippen LogP contribution in [0.2, 0.25) is 0 Å². The average molecular weight is 442 g/mol. The molecule has 4 aromatic rings. The molecule has 0 atom stereocenters. The van der Waals surface area contributed by atoms with Crippen LogP contribution < -0.4 is 14.9 Å². The Kier molecular flexibility index (Phi) is 6.65. The summed E-state index contributed by atoms with van der Waals surface area (Å²) in [4.78, 5) is 12.3. The number of aromatic hydroxyl groups is 1. The molecule has 0 bridgehead atoms. The van der Waals surface area contributed by atoms with Crippen molar-refractivity contribution in [3.8, 4) is 28.5 Å². The van der Waals surface area contributed by atoms with Crippen molar-refractivity contribution in [2.75, 3.05) is 7.11 Å². The highest BCUT2D eigenvalue weighted by atomic mass is 16.5. The van der Waals surface area contributed by atoms with Crippen LogP contribution in [0.4, 0.5) is 0 Å². The van der Waals surface area contributed by atoms with E-state index in [4.69, 9.17) is 9.47 Å². The van der Waals surface area contributed by atoms with Gasteiger partial charge in [-0.3, -0.25) is 9.89 Å². The number of aromatic amines is 1. The topological polar surface area (TPSA) is 109 Å². The Bertz CT molecular complexity index is 1250. The number of hydrogen-bond donors (Lipinski definition) is 3. The van der Waals surface area contributed by atoms with E-state index in [9.17, 15) is 9.90 Å². The summed E-state index contributed by atoms with van der Waals surface area (Å²) in [7, 11) is 1.57. The van der Waals surface area contributed by atoms with Crippen LogP contribution in [0, 0.1) is 0 Å². The average Bonchev–Trinajstić information content (AvgIpc) is 3.35. The number of benzene rings is 3. The molecule has 4 rings (SSSR count). The molecule has 1 amide bonds. The number of hydrazone groups is 1. The van der Waals surface area contributed by atoms with Gasteiger partial charge in [-0.15, -0.1) is 0 Å². The SMILES string of the molecule is COc1cc(-c2cc(C(=O)N/N=C\c3ccc(O)cc3)[nH]n2)ccc1OCc1ccccc1. The molecule has 3 aromatic carbocycles. The maximum Gasteiger partial charge on any atom is 0.289 e. The van der Waals surface area contributed by atoms with Crippen LogP contribution in [0.5, 0.6) is 17.2 Å². The largest absolute Gasteiger partial charge is 0.508 e. The summed E-state index contributed by atoms with van der Waals surface area (Å²) in [5.74, 6) is 0.908. The number of rotatable bonds is 8. The molecule has 3 N–H and O–H groups in total. The lowest BCUT2D eigenvalue weighted by Gasteiger charge is -2.11. The fourth-order valence-electron chi connectivity index (χ4n) is 3.05. The maximum absolute atomic E-state index is 12.3. The van der Waals surface area contributed by atoms with E-state index in [-0.39, 0.29) is 11.4 Å². The molecule has 0 radical (unpaired) electrons. The molecule has 8 nitrogen and oxygen atoms in total. The molecule has 0 aliphatic heterocycles. The van der Waals surface area contributed by atoms with Gasteiger partial charge in [-0.05, 0) is 59.7 Å². The Morgan fingerprint density at radius 1 is 1.06 bits per heavy atom. The third kappa shape index (κ3) is 5.56. The Hall–Kier alpha value is -4.59. The molecule has 0 unspecified atom stereocenters. The van der Waals surface area contributed by atoms with Crippen molar-refractivity contribution < 1.29 is 19.4 Å². The summed E-state index contributed by atoms with van der Waals surface area (Å²) in [6.07, 6.45) is 1.48. The molecule has 166 valence electrons. The van der Waals surface area contributed by atoms with Crippen molar-refractivity contribution in [1.82, 2.24) is 15.6 Å². The van der Waals surface area contributed by atoms with Gasteiger partial charge in [0.05, 0.1) is 19.0 Å². The number of amides is 1. The zero-order chi connectivity index (χ0) is 23.0. The molecule has 0 saturated heterocycles. The van der Waals surface area contributed by atoms with E-state index >= 15 is 0 Å². The van der Waals surface area contributed by atoms with E-state index in [0.717, 1.165) is 16.7 Å². The lowest BCUT2D eigenvalue weighted by Crippen LogP contribution is -2.17. The number of phenols is 1. The van der Waals surface area contributed by atoms with Gasteiger partial charge in [0.15, 0.2) is 11.5 Å². The first-order valence-corrected chi connectivity index (χ1v) is 10.2. The van der Waals surface area contributed by atoms with E-state index in [2.05, 4.69) is 20.7 Å². The van der Waals surface area contributed by atoms with Crippen LogP contribution in [-0.4, -0.2) is 34.5 Å². The molecule has 0 fully saturated rings. The number of nitrogens with zero attached hydrogens (tertiary/aromatic N) is 2. The highest BCUT2D eigenvalue weighted by Crippen LogP contribution is 2.32. The summed E-state index contributed by atoms with van der Waals surface area (Å²) in [6, 6.07) is 23.4. The number of aromatic nitrogens is 2. The van der Waals surface area contributed by atoms with Crippen LogP contribution in [0.25, 0.3) is 11.3 Å². The summed E-state index contributed by atoms with van der Waals surface area (Å²) in [5.41, 5.74) is 5.84. The molecule has 0 aliphatic carbocycles. The van der Waals surface area contributed by atoms with E-state index in [1.807, 2.05) is 42.5 Å². The first-order chi connectivity index (χ1) is 16.1. The molecule has 0 spiro atoms. The number of methoxy groups -OCH3 is 1. The second-order valence-corrected chi connectivity index (χ2v) is 7.10. The van der Waals surface area contributed by atoms with Gasteiger partial charge in [-0.1, -0.05) is 30.3 Å². The number of H-pyrrole nitrogens is 1. The van der Waals surface area contributed by atoms with Crippen LogP contribution in [0.3, 0.4) is 0 Å². The summed E-state index contributed by atoms with van der Waals surface area (Å²) in [5, 5.41) is 20.2. The van der Waals surface area contributed by atoms with Crippen molar-refractivity contribution in [2.45, 2.75) is 6.61 Å². The minimum Gasteiger partial charge on any atom is -0.508 e. The molecule has 0 saturated carbocycles. The number of ether oxygens (including phenoxy) is 2. The van der Waals surface area contributed by atoms with Crippen molar-refractivity contribution >= 4 is 12.1 Å². The van der Waals surface area contributed by atoms with Crippen LogP contribution in [0.1, 0.15) is 21.6 Å². The van der Waals surface area contributed by atoms with Gasteiger partial charge in [0.2, 0.25) is 0 Å². The summed E-state index contributed by atoms with van der Waals surface area (Å²) < 4.78 is 11.4.